The number of aromatic nitrogens is 1. The Morgan fingerprint density at radius 1 is 1.25 bits per heavy atom. The van der Waals surface area contributed by atoms with E-state index in [0.717, 1.165) is 16.0 Å². The fourth-order valence-corrected chi connectivity index (χ4v) is 3.17. The summed E-state index contributed by atoms with van der Waals surface area (Å²) in [5.74, 6) is 0.754. The van der Waals surface area contributed by atoms with Crippen LogP contribution in [0.3, 0.4) is 0 Å². The smallest absolute Gasteiger partial charge is 0.184 e. The first-order valence-electron chi connectivity index (χ1n) is 7.22. The van der Waals surface area contributed by atoms with E-state index >= 15 is 0 Å². The number of ketones is 1. The highest BCUT2D eigenvalue weighted by Crippen LogP contribution is 2.32. The van der Waals surface area contributed by atoms with Crippen LogP contribution in [0.25, 0.3) is 10.2 Å². The van der Waals surface area contributed by atoms with Gasteiger partial charge in [-0.25, -0.2) is 4.98 Å². The summed E-state index contributed by atoms with van der Waals surface area (Å²) in [6, 6.07) is 12.7. The van der Waals surface area contributed by atoms with Gasteiger partial charge in [0.25, 0.3) is 0 Å². The van der Waals surface area contributed by atoms with Gasteiger partial charge in [0.05, 0.1) is 17.9 Å². The fraction of sp³-hybridized carbons (Fsp3) is 0.176. The van der Waals surface area contributed by atoms with Gasteiger partial charge in [0.1, 0.15) is 11.3 Å². The lowest BCUT2D eigenvalue weighted by molar-refractivity contribution is -0.0000126. The number of carbonyl (C=O) groups is 1. The maximum Gasteiger partial charge on any atom is 0.184 e. The number of hydrogen-bond donors (Lipinski definition) is 1. The van der Waals surface area contributed by atoms with Gasteiger partial charge in [-0.2, -0.15) is 0 Å². The van der Waals surface area contributed by atoms with Crippen molar-refractivity contribution in [3.05, 3.63) is 53.1 Å². The summed E-state index contributed by atoms with van der Waals surface area (Å²) in [5.41, 5.74) is 1.44. The third kappa shape index (κ3) is 4.26. The lowest BCUT2D eigenvalue weighted by Crippen LogP contribution is -3.00. The second-order valence-electron chi connectivity index (χ2n) is 4.84. The first-order valence-corrected chi connectivity index (χ1v) is 8.42. The molecule has 0 unspecified atom stereocenters. The zero-order chi connectivity index (χ0) is 16.2. The van der Waals surface area contributed by atoms with Crippen LogP contribution in [0.2, 0.25) is 5.02 Å². The molecular weight excluding hydrogens is 412 g/mol. The second kappa shape index (κ2) is 8.46. The molecule has 0 saturated carbocycles. The van der Waals surface area contributed by atoms with Gasteiger partial charge in [-0.3, -0.25) is 4.79 Å². The fourth-order valence-electron chi connectivity index (χ4n) is 2.16. The van der Waals surface area contributed by atoms with Crippen LogP contribution >= 0.6 is 22.9 Å². The molecule has 0 spiro atoms. The number of para-hydroxylation sites is 1. The van der Waals surface area contributed by atoms with Gasteiger partial charge < -0.3 is 27.0 Å². The average Bonchev–Trinajstić information content (AvgIpc) is 2.98. The zero-order valence-electron chi connectivity index (χ0n) is 12.9. The molecule has 24 heavy (non-hydrogen) atoms. The van der Waals surface area contributed by atoms with Gasteiger partial charge >= 0.3 is 0 Å². The van der Waals surface area contributed by atoms with Crippen LogP contribution in [0.1, 0.15) is 17.3 Å². The number of fused-ring (bicyclic) bond motifs is 1. The number of ether oxygens (including phenoxy) is 1. The van der Waals surface area contributed by atoms with Gasteiger partial charge in [-0.15, -0.1) is 0 Å². The van der Waals surface area contributed by atoms with Crippen LogP contribution in [-0.2, 0) is 0 Å². The first kappa shape index (κ1) is 18.7. The Kier molecular flexibility index (Phi) is 6.60. The first-order chi connectivity index (χ1) is 11.2. The van der Waals surface area contributed by atoms with Crippen molar-refractivity contribution in [2.75, 3.05) is 18.5 Å². The number of Topliss-reactive ketones (excluding diaryl/α,β-unsaturated/α-hetero) is 1. The highest BCUT2D eigenvalue weighted by atomic mass is 79.9. The Bertz CT molecular complexity index is 836. The lowest BCUT2D eigenvalue weighted by atomic mass is 10.1. The van der Waals surface area contributed by atoms with Crippen molar-refractivity contribution in [1.29, 1.82) is 0 Å². The number of nitrogens with zero attached hydrogens (tertiary/aromatic N) is 1. The summed E-state index contributed by atoms with van der Waals surface area (Å²) in [6.45, 7) is 2.72. The number of hydrogen-bond acceptors (Lipinski definition) is 5. The average molecular weight is 427 g/mol. The molecule has 1 N–H and O–H groups in total. The third-order valence-electron chi connectivity index (χ3n) is 3.25. The van der Waals surface area contributed by atoms with Crippen molar-refractivity contribution in [3.8, 4) is 5.75 Å². The minimum Gasteiger partial charge on any atom is -1.00 e. The minimum absolute atomic E-state index is 0. The molecule has 0 radical (unpaired) electrons. The SMILES string of the molecule is CCOc1cccc2sc(NCC(=O)c3ccc(Cl)cc3)nc12.[Br-]. The number of nitrogens with one attached hydrogen (secondary N) is 1. The molecule has 0 fully saturated rings. The maximum atomic E-state index is 12.2. The van der Waals surface area contributed by atoms with E-state index in [1.54, 1.807) is 24.3 Å². The summed E-state index contributed by atoms with van der Waals surface area (Å²) in [7, 11) is 0. The maximum absolute atomic E-state index is 12.2. The Hall–Kier alpha value is -1.63. The zero-order valence-corrected chi connectivity index (χ0v) is 16.0. The third-order valence-corrected chi connectivity index (χ3v) is 4.48. The van der Waals surface area contributed by atoms with E-state index in [2.05, 4.69) is 10.3 Å². The van der Waals surface area contributed by atoms with Gasteiger partial charge in [0.15, 0.2) is 10.9 Å². The normalized spacial score (nSPS) is 10.2. The molecule has 0 aliphatic rings. The predicted octanol–water partition coefficient (Wildman–Crippen LogP) is 1.65. The van der Waals surface area contributed by atoms with Crippen molar-refractivity contribution in [1.82, 2.24) is 4.98 Å². The molecule has 1 heterocycles. The molecule has 4 nitrogen and oxygen atoms in total. The topological polar surface area (TPSA) is 51.2 Å². The molecule has 0 aliphatic heterocycles. The quantitative estimate of drug-likeness (QED) is 0.609. The Morgan fingerprint density at radius 2 is 2.00 bits per heavy atom. The summed E-state index contributed by atoms with van der Waals surface area (Å²) >= 11 is 7.33. The number of halogens is 2. The lowest BCUT2D eigenvalue weighted by Gasteiger charge is -2.03. The Labute approximate surface area is 159 Å². The van der Waals surface area contributed by atoms with Crippen molar-refractivity contribution in [2.45, 2.75) is 6.92 Å². The van der Waals surface area contributed by atoms with E-state index < -0.39 is 0 Å². The number of benzene rings is 2. The van der Waals surface area contributed by atoms with E-state index in [1.165, 1.54) is 11.3 Å². The molecule has 0 bridgehead atoms. The molecule has 0 amide bonds. The van der Waals surface area contributed by atoms with E-state index in [-0.39, 0.29) is 29.3 Å². The van der Waals surface area contributed by atoms with Crippen molar-refractivity contribution < 1.29 is 26.5 Å². The van der Waals surface area contributed by atoms with Crippen LogP contribution < -0.4 is 27.0 Å². The van der Waals surface area contributed by atoms with Crippen molar-refractivity contribution >= 4 is 44.1 Å². The molecule has 0 atom stereocenters. The largest absolute Gasteiger partial charge is 1.00 e. The van der Waals surface area contributed by atoms with Gasteiger partial charge in [0, 0.05) is 10.6 Å². The molecule has 0 saturated heterocycles. The number of rotatable bonds is 6. The Morgan fingerprint density at radius 3 is 2.71 bits per heavy atom. The number of thiazole rings is 1. The van der Waals surface area contributed by atoms with E-state index in [4.69, 9.17) is 16.3 Å². The molecule has 3 aromatic rings. The van der Waals surface area contributed by atoms with E-state index in [1.807, 2.05) is 25.1 Å². The number of anilines is 1. The highest BCUT2D eigenvalue weighted by molar-refractivity contribution is 7.22. The minimum atomic E-state index is -0.00838. The van der Waals surface area contributed by atoms with Gasteiger partial charge in [-0.1, -0.05) is 29.0 Å². The van der Waals surface area contributed by atoms with Crippen molar-refractivity contribution in [3.63, 3.8) is 0 Å². The van der Waals surface area contributed by atoms with Crippen LogP contribution in [0.5, 0.6) is 5.75 Å². The second-order valence-corrected chi connectivity index (χ2v) is 6.31. The van der Waals surface area contributed by atoms with Crippen LogP contribution in [0.15, 0.2) is 42.5 Å². The summed E-state index contributed by atoms with van der Waals surface area (Å²) in [4.78, 5) is 16.7. The van der Waals surface area contributed by atoms with Crippen LogP contribution in [0.4, 0.5) is 5.13 Å². The molecule has 2 aromatic carbocycles. The summed E-state index contributed by atoms with van der Waals surface area (Å²) in [5, 5.41) is 4.40. The summed E-state index contributed by atoms with van der Waals surface area (Å²) < 4.78 is 6.60. The van der Waals surface area contributed by atoms with E-state index in [0.29, 0.717) is 22.3 Å². The molecule has 1 aromatic heterocycles. The predicted molar refractivity (Wildman–Crippen MR) is 95.1 cm³/mol. The Balaban J connectivity index is 0.00000208. The van der Waals surface area contributed by atoms with Gasteiger partial charge in [-0.05, 0) is 43.3 Å². The monoisotopic (exact) mass is 425 g/mol. The molecule has 3 rings (SSSR count). The standard InChI is InChI=1S/C17H15ClN2O2S.BrH/c1-2-22-14-4-3-5-15-16(14)20-17(23-15)19-10-13(21)11-6-8-12(18)9-7-11;/h3-9H,2,10H2,1H3,(H,19,20);1H/p-1. The van der Waals surface area contributed by atoms with Crippen molar-refractivity contribution in [2.24, 2.45) is 0 Å². The van der Waals surface area contributed by atoms with Crippen LogP contribution in [0, 0.1) is 0 Å². The van der Waals surface area contributed by atoms with E-state index in [9.17, 15) is 4.79 Å². The molecule has 0 aliphatic carbocycles. The summed E-state index contributed by atoms with van der Waals surface area (Å²) in [6.07, 6.45) is 0. The molecule has 126 valence electrons. The van der Waals surface area contributed by atoms with Gasteiger partial charge in [0.2, 0.25) is 0 Å². The highest BCUT2D eigenvalue weighted by Gasteiger charge is 2.11. The molecular formula is C17H15BrClN2O2S-. The molecule has 7 heteroatoms. The van der Waals surface area contributed by atoms with Crippen LogP contribution in [-0.4, -0.2) is 23.9 Å². The number of carbonyl (C=O) groups excluding carboxylic acids is 1.